The maximum atomic E-state index is 11.8. The van der Waals surface area contributed by atoms with Crippen LogP contribution in [0.15, 0.2) is 9.59 Å². The molecule has 0 unspecified atom stereocenters. The van der Waals surface area contributed by atoms with Crippen LogP contribution in [-0.2, 0) is 11.8 Å². The van der Waals surface area contributed by atoms with E-state index in [0.717, 1.165) is 4.57 Å². The predicted molar refractivity (Wildman–Crippen MR) is 66.7 cm³/mol. The number of aliphatic hydroxyl groups is 4. The van der Waals surface area contributed by atoms with Crippen molar-refractivity contribution in [3.63, 3.8) is 0 Å². The molecule has 0 bridgehead atoms. The average molecular weight is 327 g/mol. The second kappa shape index (κ2) is 7.23. The molecular weight excluding hydrogens is 311 g/mol. The van der Waals surface area contributed by atoms with E-state index in [1.54, 1.807) is 0 Å². The second-order valence-corrected chi connectivity index (χ2v) is 4.81. The number of H-pyrrole nitrogens is 1. The zero-order valence-electron chi connectivity index (χ0n) is 12.0. The van der Waals surface area contributed by atoms with Gasteiger partial charge in [0.1, 0.15) is 36.1 Å². The summed E-state index contributed by atoms with van der Waals surface area (Å²) in [4.78, 5) is 25.1. The number of rotatable bonds is 2. The summed E-state index contributed by atoms with van der Waals surface area (Å²) in [5.74, 6) is -0.743. The van der Waals surface area contributed by atoms with Gasteiger partial charge in [0.15, 0.2) is 0 Å². The normalized spacial score (nSPS) is 31.6. The molecular formula is C11H16N2NaO8+. The van der Waals surface area contributed by atoms with Crippen molar-refractivity contribution in [2.24, 2.45) is 7.05 Å². The molecule has 11 heteroatoms. The van der Waals surface area contributed by atoms with Gasteiger partial charge in [-0.3, -0.25) is 14.3 Å². The Morgan fingerprint density at radius 3 is 2.32 bits per heavy atom. The number of nitrogens with one attached hydrogen (secondary N) is 1. The largest absolute Gasteiger partial charge is 1.00 e. The molecule has 0 saturated carbocycles. The molecule has 2 rings (SSSR count). The fourth-order valence-corrected chi connectivity index (χ4v) is 2.22. The van der Waals surface area contributed by atoms with Crippen molar-refractivity contribution in [1.82, 2.24) is 9.55 Å². The molecule has 10 nitrogen and oxygen atoms in total. The van der Waals surface area contributed by atoms with Gasteiger partial charge in [0, 0.05) is 7.05 Å². The standard InChI is InChI=1S/C11H16N2O8.Na/c1-13-10(19)4(9(18)12-11(13)20)8-7(17)6(16)5(15)3(2-14)21-8;/h3,5-8,14-17,19H,2H2,1H3,(H,12,18,20);/q;+1/t3-,5-,6+,7-,8+;/m1./s1. The van der Waals surface area contributed by atoms with Crippen molar-refractivity contribution in [3.05, 3.63) is 26.4 Å². The smallest absolute Gasteiger partial charge is 0.494 e. The Bertz CT molecular complexity index is 642. The van der Waals surface area contributed by atoms with E-state index in [2.05, 4.69) is 0 Å². The molecule has 6 N–H and O–H groups in total. The van der Waals surface area contributed by atoms with E-state index < -0.39 is 59.8 Å². The first-order chi connectivity index (χ1) is 9.79. The summed E-state index contributed by atoms with van der Waals surface area (Å²) in [6, 6.07) is 0. The molecule has 5 atom stereocenters. The summed E-state index contributed by atoms with van der Waals surface area (Å²) in [5.41, 5.74) is -2.35. The average Bonchev–Trinajstić information content (AvgIpc) is 2.45. The van der Waals surface area contributed by atoms with E-state index in [1.165, 1.54) is 7.05 Å². The van der Waals surface area contributed by atoms with Crippen molar-refractivity contribution in [3.8, 4) is 5.88 Å². The Balaban J connectivity index is 0.00000242. The molecule has 0 aromatic carbocycles. The van der Waals surface area contributed by atoms with E-state index in [9.17, 15) is 30.0 Å². The van der Waals surface area contributed by atoms with Gasteiger partial charge < -0.3 is 30.3 Å². The van der Waals surface area contributed by atoms with Gasteiger partial charge in [0.05, 0.1) is 6.61 Å². The Morgan fingerprint density at radius 1 is 1.18 bits per heavy atom. The number of ether oxygens (including phenoxy) is 1. The van der Waals surface area contributed by atoms with Gasteiger partial charge >= 0.3 is 35.2 Å². The predicted octanol–water partition coefficient (Wildman–Crippen LogP) is -6.70. The summed E-state index contributed by atoms with van der Waals surface area (Å²) in [5, 5.41) is 48.2. The summed E-state index contributed by atoms with van der Waals surface area (Å²) < 4.78 is 5.89. The quantitative estimate of drug-likeness (QED) is 0.292. The first-order valence-electron chi connectivity index (χ1n) is 6.12. The molecule has 1 fully saturated rings. The molecule has 1 aromatic rings. The van der Waals surface area contributed by atoms with Gasteiger partial charge in [-0.1, -0.05) is 0 Å². The fourth-order valence-electron chi connectivity index (χ4n) is 2.22. The van der Waals surface area contributed by atoms with Crippen LogP contribution in [0.25, 0.3) is 0 Å². The van der Waals surface area contributed by atoms with Crippen molar-refractivity contribution in [1.29, 1.82) is 0 Å². The number of aromatic amines is 1. The van der Waals surface area contributed by atoms with Crippen molar-refractivity contribution >= 4 is 0 Å². The molecule has 0 radical (unpaired) electrons. The second-order valence-electron chi connectivity index (χ2n) is 4.81. The third-order valence-electron chi connectivity index (χ3n) is 3.51. The maximum Gasteiger partial charge on any atom is 1.00 e. The SMILES string of the molecule is Cn1c(O)c([C@@H]2O[C@H](CO)[C@@H](O)[C@H](O)[C@H]2O)c(=O)[nH]c1=O.[Na+]. The Labute approximate surface area is 145 Å². The summed E-state index contributed by atoms with van der Waals surface area (Å²) in [7, 11) is 1.18. The molecule has 118 valence electrons. The van der Waals surface area contributed by atoms with E-state index in [-0.39, 0.29) is 29.6 Å². The fraction of sp³-hybridized carbons (Fsp3) is 0.636. The number of aliphatic hydroxyl groups excluding tert-OH is 4. The number of hydrogen-bond donors (Lipinski definition) is 6. The van der Waals surface area contributed by atoms with Crippen molar-refractivity contribution in [2.75, 3.05) is 6.61 Å². The maximum absolute atomic E-state index is 11.8. The molecule has 0 amide bonds. The zero-order chi connectivity index (χ0) is 15.9. The molecule has 1 aromatic heterocycles. The molecule has 0 spiro atoms. The Kier molecular flexibility index (Phi) is 6.36. The van der Waals surface area contributed by atoms with Gasteiger partial charge in [0.25, 0.3) is 5.56 Å². The van der Waals surface area contributed by atoms with Gasteiger partial charge in [-0.15, -0.1) is 0 Å². The molecule has 1 aliphatic heterocycles. The first kappa shape index (κ1) is 19.3. The van der Waals surface area contributed by atoms with Gasteiger partial charge in [-0.25, -0.2) is 4.79 Å². The molecule has 0 aliphatic carbocycles. The topological polar surface area (TPSA) is 165 Å². The minimum Gasteiger partial charge on any atom is -0.494 e. The first-order valence-corrected chi connectivity index (χ1v) is 6.12. The molecule has 22 heavy (non-hydrogen) atoms. The molecule has 2 heterocycles. The van der Waals surface area contributed by atoms with Crippen LogP contribution >= 0.6 is 0 Å². The zero-order valence-corrected chi connectivity index (χ0v) is 14.0. The summed E-state index contributed by atoms with van der Waals surface area (Å²) in [6.45, 7) is -0.675. The third-order valence-corrected chi connectivity index (χ3v) is 3.51. The number of hydrogen-bond acceptors (Lipinski definition) is 8. The van der Waals surface area contributed by atoms with E-state index >= 15 is 0 Å². The van der Waals surface area contributed by atoms with E-state index in [0.29, 0.717) is 0 Å². The van der Waals surface area contributed by atoms with Crippen LogP contribution in [0.5, 0.6) is 5.88 Å². The minimum atomic E-state index is -1.73. The van der Waals surface area contributed by atoms with E-state index in [4.69, 9.17) is 9.84 Å². The van der Waals surface area contributed by atoms with Gasteiger partial charge in [0.2, 0.25) is 5.88 Å². The summed E-state index contributed by atoms with van der Waals surface area (Å²) >= 11 is 0. The third kappa shape index (κ3) is 3.14. The van der Waals surface area contributed by atoms with Crippen LogP contribution in [0.3, 0.4) is 0 Å². The molecule has 1 saturated heterocycles. The number of aromatic hydroxyl groups is 1. The monoisotopic (exact) mass is 327 g/mol. The van der Waals surface area contributed by atoms with Gasteiger partial charge in [-0.2, -0.15) is 0 Å². The van der Waals surface area contributed by atoms with E-state index in [1.807, 2.05) is 4.98 Å². The molecule has 1 aliphatic rings. The summed E-state index contributed by atoms with van der Waals surface area (Å²) in [6.07, 6.45) is -7.76. The Hall–Kier alpha value is -0.720. The Morgan fingerprint density at radius 2 is 1.77 bits per heavy atom. The van der Waals surface area contributed by atoms with Crippen molar-refractivity contribution < 1.29 is 59.8 Å². The number of aromatic nitrogens is 2. The number of nitrogens with zero attached hydrogens (tertiary/aromatic N) is 1. The van der Waals surface area contributed by atoms with Gasteiger partial charge in [-0.05, 0) is 0 Å². The van der Waals surface area contributed by atoms with Crippen LogP contribution < -0.4 is 40.8 Å². The van der Waals surface area contributed by atoms with Crippen LogP contribution in [-0.4, -0.2) is 66.1 Å². The van der Waals surface area contributed by atoms with Crippen LogP contribution in [0, 0.1) is 0 Å². The minimum absolute atomic E-state index is 0. The van der Waals surface area contributed by atoms with Crippen molar-refractivity contribution in [2.45, 2.75) is 30.5 Å². The van der Waals surface area contributed by atoms with Crippen LogP contribution in [0.4, 0.5) is 0 Å². The van der Waals surface area contributed by atoms with Crippen LogP contribution in [0.1, 0.15) is 11.7 Å². The van der Waals surface area contributed by atoms with Crippen LogP contribution in [0.2, 0.25) is 0 Å².